The van der Waals surface area contributed by atoms with E-state index in [1.165, 1.54) is 0 Å². The van der Waals surface area contributed by atoms with Crippen molar-refractivity contribution < 1.29 is 0 Å². The van der Waals surface area contributed by atoms with Gasteiger partial charge in [-0.2, -0.15) is 5.10 Å². The highest BCUT2D eigenvalue weighted by Crippen LogP contribution is 2.12. The second kappa shape index (κ2) is 2.62. The third-order valence-corrected chi connectivity index (χ3v) is 1.63. The minimum atomic E-state index is 0.927. The SMILES string of the molecule is C1=CCN(c2cn[nH]c2)C=C1. The zero-order valence-electron chi connectivity index (χ0n) is 6.07. The summed E-state index contributed by atoms with van der Waals surface area (Å²) in [6, 6.07) is 0. The maximum Gasteiger partial charge on any atom is 0.0792 e. The van der Waals surface area contributed by atoms with E-state index in [1.807, 2.05) is 30.7 Å². The van der Waals surface area contributed by atoms with E-state index >= 15 is 0 Å². The first-order chi connectivity index (χ1) is 5.47. The van der Waals surface area contributed by atoms with Crippen molar-refractivity contribution in [1.29, 1.82) is 0 Å². The fourth-order valence-electron chi connectivity index (χ4n) is 1.06. The smallest absolute Gasteiger partial charge is 0.0792 e. The highest BCUT2D eigenvalue weighted by Gasteiger charge is 2.02. The van der Waals surface area contributed by atoms with E-state index in [4.69, 9.17) is 0 Å². The standard InChI is InChI=1S/C8H9N3/c1-2-4-11(5-3-1)8-6-9-10-7-8/h1-4,6-7H,5H2,(H,9,10). The summed E-state index contributed by atoms with van der Waals surface area (Å²) < 4.78 is 0. The molecule has 0 saturated heterocycles. The van der Waals surface area contributed by atoms with Crippen LogP contribution in [0.4, 0.5) is 5.69 Å². The van der Waals surface area contributed by atoms with Gasteiger partial charge in [0, 0.05) is 18.9 Å². The van der Waals surface area contributed by atoms with E-state index in [9.17, 15) is 0 Å². The van der Waals surface area contributed by atoms with Gasteiger partial charge in [-0.25, -0.2) is 0 Å². The molecule has 1 N–H and O–H groups in total. The second-order valence-corrected chi connectivity index (χ2v) is 2.38. The van der Waals surface area contributed by atoms with Crippen molar-refractivity contribution in [1.82, 2.24) is 10.2 Å². The van der Waals surface area contributed by atoms with Crippen LogP contribution in [0.25, 0.3) is 0 Å². The van der Waals surface area contributed by atoms with Gasteiger partial charge >= 0.3 is 0 Å². The quantitative estimate of drug-likeness (QED) is 0.649. The van der Waals surface area contributed by atoms with Crippen molar-refractivity contribution in [3.8, 4) is 0 Å². The van der Waals surface area contributed by atoms with Crippen LogP contribution < -0.4 is 4.90 Å². The van der Waals surface area contributed by atoms with Gasteiger partial charge in [0.1, 0.15) is 0 Å². The van der Waals surface area contributed by atoms with Crippen molar-refractivity contribution in [2.75, 3.05) is 11.4 Å². The number of H-pyrrole nitrogens is 1. The summed E-state index contributed by atoms with van der Waals surface area (Å²) in [6.45, 7) is 0.927. The molecule has 2 heterocycles. The number of aromatic amines is 1. The van der Waals surface area contributed by atoms with Gasteiger partial charge in [0.25, 0.3) is 0 Å². The first-order valence-corrected chi connectivity index (χ1v) is 3.55. The van der Waals surface area contributed by atoms with Crippen LogP contribution in [0, 0.1) is 0 Å². The Bertz CT molecular complexity index is 272. The predicted molar refractivity (Wildman–Crippen MR) is 44.2 cm³/mol. The third-order valence-electron chi connectivity index (χ3n) is 1.63. The minimum absolute atomic E-state index is 0.927. The van der Waals surface area contributed by atoms with E-state index in [-0.39, 0.29) is 0 Å². The number of rotatable bonds is 1. The fourth-order valence-corrected chi connectivity index (χ4v) is 1.06. The summed E-state index contributed by atoms with van der Waals surface area (Å²) >= 11 is 0. The fraction of sp³-hybridized carbons (Fsp3) is 0.125. The molecule has 1 aromatic rings. The van der Waals surface area contributed by atoms with Gasteiger partial charge in [0.2, 0.25) is 0 Å². The lowest BCUT2D eigenvalue weighted by Gasteiger charge is -2.17. The number of allylic oxidation sites excluding steroid dienone is 2. The summed E-state index contributed by atoms with van der Waals surface area (Å²) in [6.07, 6.45) is 11.9. The van der Waals surface area contributed by atoms with Gasteiger partial charge in [0.15, 0.2) is 0 Å². The molecular weight excluding hydrogens is 138 g/mol. The molecule has 0 fully saturated rings. The Morgan fingerprint density at radius 1 is 1.45 bits per heavy atom. The van der Waals surface area contributed by atoms with E-state index in [1.54, 1.807) is 0 Å². The molecule has 1 aliphatic heterocycles. The maximum atomic E-state index is 3.87. The summed E-state index contributed by atoms with van der Waals surface area (Å²) in [5.74, 6) is 0. The molecule has 3 heteroatoms. The van der Waals surface area contributed by atoms with Crippen LogP contribution in [0.2, 0.25) is 0 Å². The topological polar surface area (TPSA) is 31.9 Å². The molecule has 0 atom stereocenters. The Kier molecular flexibility index (Phi) is 1.48. The molecular formula is C8H9N3. The summed E-state index contributed by atoms with van der Waals surface area (Å²) in [5.41, 5.74) is 1.10. The number of hydrogen-bond donors (Lipinski definition) is 1. The molecule has 0 radical (unpaired) electrons. The Morgan fingerprint density at radius 3 is 3.09 bits per heavy atom. The van der Waals surface area contributed by atoms with Crippen molar-refractivity contribution in [2.45, 2.75) is 0 Å². The Balaban J connectivity index is 2.19. The zero-order chi connectivity index (χ0) is 7.52. The van der Waals surface area contributed by atoms with Gasteiger partial charge in [-0.05, 0) is 6.08 Å². The van der Waals surface area contributed by atoms with Gasteiger partial charge in [0.05, 0.1) is 11.9 Å². The Labute approximate surface area is 65.0 Å². The third kappa shape index (κ3) is 1.17. The molecule has 1 aromatic heterocycles. The highest BCUT2D eigenvalue weighted by atomic mass is 15.2. The summed E-state index contributed by atoms with van der Waals surface area (Å²) in [5, 5.41) is 6.65. The molecule has 0 aliphatic carbocycles. The molecule has 0 aromatic carbocycles. The molecule has 1 aliphatic rings. The van der Waals surface area contributed by atoms with Crippen LogP contribution in [-0.2, 0) is 0 Å². The van der Waals surface area contributed by atoms with Crippen LogP contribution in [0.15, 0.2) is 36.8 Å². The zero-order valence-corrected chi connectivity index (χ0v) is 6.07. The number of nitrogens with one attached hydrogen (secondary N) is 1. The minimum Gasteiger partial charge on any atom is -0.342 e. The van der Waals surface area contributed by atoms with E-state index < -0.39 is 0 Å². The predicted octanol–water partition coefficient (Wildman–Crippen LogP) is 1.30. The number of anilines is 1. The lowest BCUT2D eigenvalue weighted by molar-refractivity contribution is 1.08. The van der Waals surface area contributed by atoms with Crippen molar-refractivity contribution in [2.24, 2.45) is 0 Å². The van der Waals surface area contributed by atoms with Gasteiger partial charge in [-0.15, -0.1) is 0 Å². The van der Waals surface area contributed by atoms with E-state index in [0.29, 0.717) is 0 Å². The van der Waals surface area contributed by atoms with Crippen molar-refractivity contribution in [3.05, 3.63) is 36.8 Å². The molecule has 3 nitrogen and oxygen atoms in total. The monoisotopic (exact) mass is 147 g/mol. The first-order valence-electron chi connectivity index (χ1n) is 3.55. The number of hydrogen-bond acceptors (Lipinski definition) is 2. The number of nitrogens with zero attached hydrogens (tertiary/aromatic N) is 2. The van der Waals surface area contributed by atoms with Gasteiger partial charge < -0.3 is 4.90 Å². The van der Waals surface area contributed by atoms with E-state index in [0.717, 1.165) is 12.2 Å². The first kappa shape index (κ1) is 6.22. The average Bonchev–Trinajstić information content (AvgIpc) is 2.58. The summed E-state index contributed by atoms with van der Waals surface area (Å²) in [7, 11) is 0. The lowest BCUT2D eigenvalue weighted by atomic mass is 10.3. The summed E-state index contributed by atoms with van der Waals surface area (Å²) in [4.78, 5) is 2.11. The largest absolute Gasteiger partial charge is 0.342 e. The molecule has 0 saturated carbocycles. The van der Waals surface area contributed by atoms with E-state index in [2.05, 4.69) is 21.2 Å². The highest BCUT2D eigenvalue weighted by molar-refractivity contribution is 5.47. The van der Waals surface area contributed by atoms with Crippen LogP contribution in [0.1, 0.15) is 0 Å². The maximum absolute atomic E-state index is 3.87. The van der Waals surface area contributed by atoms with Gasteiger partial charge in [-0.3, -0.25) is 5.10 Å². The molecule has 56 valence electrons. The van der Waals surface area contributed by atoms with Crippen molar-refractivity contribution in [3.63, 3.8) is 0 Å². The number of aromatic nitrogens is 2. The molecule has 0 amide bonds. The van der Waals surface area contributed by atoms with Crippen molar-refractivity contribution >= 4 is 5.69 Å². The van der Waals surface area contributed by atoms with Crippen LogP contribution >= 0.6 is 0 Å². The Hall–Kier alpha value is -1.51. The molecule has 0 spiro atoms. The molecule has 0 bridgehead atoms. The Morgan fingerprint density at radius 2 is 2.45 bits per heavy atom. The average molecular weight is 147 g/mol. The van der Waals surface area contributed by atoms with Crippen LogP contribution in [0.3, 0.4) is 0 Å². The second-order valence-electron chi connectivity index (χ2n) is 2.38. The van der Waals surface area contributed by atoms with Crippen LogP contribution in [0.5, 0.6) is 0 Å². The lowest BCUT2D eigenvalue weighted by Crippen LogP contribution is -2.16. The van der Waals surface area contributed by atoms with Crippen LogP contribution in [-0.4, -0.2) is 16.7 Å². The van der Waals surface area contributed by atoms with Gasteiger partial charge in [-0.1, -0.05) is 12.2 Å². The molecule has 11 heavy (non-hydrogen) atoms. The molecule has 2 rings (SSSR count). The normalized spacial score (nSPS) is 15.8. The molecule has 0 unspecified atom stereocenters.